The van der Waals surface area contributed by atoms with E-state index in [9.17, 15) is 18.0 Å². The molecule has 0 unspecified atom stereocenters. The summed E-state index contributed by atoms with van der Waals surface area (Å²) in [5.74, 6) is 0.632. The first kappa shape index (κ1) is 22.2. The van der Waals surface area contributed by atoms with Gasteiger partial charge in [-0.15, -0.1) is 0 Å². The Morgan fingerprint density at radius 1 is 1.06 bits per heavy atom. The highest BCUT2D eigenvalue weighted by Gasteiger charge is 2.45. The Morgan fingerprint density at radius 2 is 1.85 bits per heavy atom. The molecule has 0 spiro atoms. The van der Waals surface area contributed by atoms with Crippen molar-refractivity contribution in [1.29, 1.82) is 0 Å². The molecule has 1 aliphatic carbocycles. The fourth-order valence-electron chi connectivity index (χ4n) is 4.87. The van der Waals surface area contributed by atoms with E-state index in [2.05, 4.69) is 19.9 Å². The van der Waals surface area contributed by atoms with E-state index in [-0.39, 0.29) is 29.9 Å². The summed E-state index contributed by atoms with van der Waals surface area (Å²) in [4.78, 5) is 32.4. The van der Waals surface area contributed by atoms with Gasteiger partial charge in [-0.3, -0.25) is 9.78 Å². The van der Waals surface area contributed by atoms with Crippen LogP contribution in [0.1, 0.15) is 40.9 Å². The number of carbonyl (C=O) groups excluding carboxylic acids is 1. The fourth-order valence-corrected chi connectivity index (χ4v) is 4.87. The molecule has 2 saturated heterocycles. The normalized spacial score (nSPS) is 22.0. The molecule has 3 fully saturated rings. The molecule has 3 atom stereocenters. The predicted octanol–water partition coefficient (Wildman–Crippen LogP) is 4.33. The molecule has 3 aromatic heterocycles. The van der Waals surface area contributed by atoms with E-state index in [1.54, 1.807) is 37.6 Å². The summed E-state index contributed by atoms with van der Waals surface area (Å²) in [5, 5.41) is 0. The number of aromatic nitrogens is 4. The summed E-state index contributed by atoms with van der Waals surface area (Å²) < 4.78 is 44.6. The SMILES string of the molecule is Cc1nccc(-c2ncccn2)c1C(=O)N1C[C@H]2CC[C@H]1[C@H](Oc1ccc(C(F)(F)F)cn1)C2. The third kappa shape index (κ3) is 4.20. The van der Waals surface area contributed by atoms with Crippen molar-refractivity contribution in [1.82, 2.24) is 24.8 Å². The number of nitrogens with zero attached hydrogens (tertiary/aromatic N) is 5. The molecule has 0 radical (unpaired) electrons. The topological polar surface area (TPSA) is 81.1 Å². The number of amides is 1. The van der Waals surface area contributed by atoms with Crippen molar-refractivity contribution in [3.05, 3.63) is 65.9 Å². The van der Waals surface area contributed by atoms with Crippen LogP contribution < -0.4 is 4.74 Å². The number of alkyl halides is 3. The minimum Gasteiger partial charge on any atom is -0.472 e. The van der Waals surface area contributed by atoms with Crippen molar-refractivity contribution in [3.63, 3.8) is 0 Å². The van der Waals surface area contributed by atoms with E-state index < -0.39 is 11.7 Å². The number of aryl methyl sites for hydroxylation is 1. The maximum Gasteiger partial charge on any atom is 0.417 e. The molecule has 0 aromatic carbocycles. The van der Waals surface area contributed by atoms with Gasteiger partial charge in [-0.05, 0) is 50.3 Å². The average Bonchev–Trinajstić information content (AvgIpc) is 2.84. The Bertz CT molecular complexity index is 1190. The van der Waals surface area contributed by atoms with Crippen molar-refractivity contribution in [3.8, 4) is 17.3 Å². The number of piperidine rings is 2. The van der Waals surface area contributed by atoms with Gasteiger partial charge in [0.25, 0.3) is 5.91 Å². The molecule has 3 aliphatic rings. The molecule has 6 rings (SSSR count). The largest absolute Gasteiger partial charge is 0.472 e. The molecular weight excluding hydrogens is 447 g/mol. The lowest BCUT2D eigenvalue weighted by atomic mass is 9.77. The first-order chi connectivity index (χ1) is 16.3. The van der Waals surface area contributed by atoms with Crippen molar-refractivity contribution < 1.29 is 22.7 Å². The molecule has 3 aromatic rings. The molecule has 0 N–H and O–H groups in total. The van der Waals surface area contributed by atoms with Crippen LogP contribution in [0.4, 0.5) is 13.2 Å². The van der Waals surface area contributed by atoms with Crippen LogP contribution in [-0.2, 0) is 6.18 Å². The highest BCUT2D eigenvalue weighted by atomic mass is 19.4. The van der Waals surface area contributed by atoms with E-state index in [0.29, 0.717) is 29.2 Å². The molecule has 10 heteroatoms. The van der Waals surface area contributed by atoms with Gasteiger partial charge in [0.2, 0.25) is 5.88 Å². The van der Waals surface area contributed by atoms with E-state index >= 15 is 0 Å². The van der Waals surface area contributed by atoms with Crippen molar-refractivity contribution in [2.24, 2.45) is 5.92 Å². The zero-order valence-electron chi connectivity index (χ0n) is 18.4. The van der Waals surface area contributed by atoms with Gasteiger partial charge in [0, 0.05) is 43.0 Å². The number of hydrogen-bond acceptors (Lipinski definition) is 6. The van der Waals surface area contributed by atoms with Gasteiger partial charge in [0.05, 0.1) is 22.9 Å². The molecule has 176 valence electrons. The summed E-state index contributed by atoms with van der Waals surface area (Å²) in [6.45, 7) is 2.37. The molecule has 1 amide bonds. The smallest absolute Gasteiger partial charge is 0.417 e. The van der Waals surface area contributed by atoms with Crippen LogP contribution in [0.5, 0.6) is 5.88 Å². The lowest BCUT2D eigenvalue weighted by Gasteiger charge is -2.49. The van der Waals surface area contributed by atoms with Gasteiger partial charge < -0.3 is 9.64 Å². The van der Waals surface area contributed by atoms with Crippen molar-refractivity contribution >= 4 is 5.91 Å². The van der Waals surface area contributed by atoms with Crippen LogP contribution in [0.15, 0.2) is 49.1 Å². The van der Waals surface area contributed by atoms with E-state index in [0.717, 1.165) is 31.5 Å². The number of carbonyl (C=O) groups is 1. The molecule has 7 nitrogen and oxygen atoms in total. The average molecular weight is 469 g/mol. The summed E-state index contributed by atoms with van der Waals surface area (Å²) in [7, 11) is 0. The monoisotopic (exact) mass is 469 g/mol. The predicted molar refractivity (Wildman–Crippen MR) is 116 cm³/mol. The van der Waals surface area contributed by atoms with Gasteiger partial charge in [-0.2, -0.15) is 13.2 Å². The van der Waals surface area contributed by atoms with Crippen LogP contribution in [0, 0.1) is 12.8 Å². The molecule has 2 aliphatic heterocycles. The maximum atomic E-state index is 13.8. The maximum absolute atomic E-state index is 13.8. The van der Waals surface area contributed by atoms with Crippen molar-refractivity contribution in [2.75, 3.05) is 6.54 Å². The summed E-state index contributed by atoms with van der Waals surface area (Å²) in [6, 6.07) is 5.41. The number of halogens is 3. The number of pyridine rings is 2. The number of ether oxygens (including phenoxy) is 1. The second kappa shape index (κ2) is 8.66. The molecular formula is C24H22F3N5O2. The molecule has 1 saturated carbocycles. The van der Waals surface area contributed by atoms with Crippen LogP contribution in [-0.4, -0.2) is 49.4 Å². The summed E-state index contributed by atoms with van der Waals surface area (Å²) >= 11 is 0. The van der Waals surface area contributed by atoms with Gasteiger partial charge in [0.1, 0.15) is 6.10 Å². The minimum atomic E-state index is -4.46. The van der Waals surface area contributed by atoms with Crippen LogP contribution >= 0.6 is 0 Å². The Hall–Kier alpha value is -3.56. The van der Waals surface area contributed by atoms with Gasteiger partial charge in [-0.25, -0.2) is 15.0 Å². The third-order valence-electron chi connectivity index (χ3n) is 6.48. The first-order valence-corrected chi connectivity index (χ1v) is 11.0. The van der Waals surface area contributed by atoms with E-state index in [1.165, 1.54) is 6.07 Å². The van der Waals surface area contributed by atoms with E-state index in [1.807, 2.05) is 4.90 Å². The van der Waals surface area contributed by atoms with Crippen LogP contribution in [0.2, 0.25) is 0 Å². The van der Waals surface area contributed by atoms with Crippen LogP contribution in [0.25, 0.3) is 11.4 Å². The lowest BCUT2D eigenvalue weighted by Crippen LogP contribution is -2.59. The second-order valence-corrected chi connectivity index (χ2v) is 8.63. The van der Waals surface area contributed by atoms with Gasteiger partial charge in [0.15, 0.2) is 5.82 Å². The zero-order chi connectivity index (χ0) is 23.9. The van der Waals surface area contributed by atoms with Crippen molar-refractivity contribution in [2.45, 2.75) is 44.5 Å². The number of hydrogen-bond donors (Lipinski definition) is 0. The minimum absolute atomic E-state index is 0.119. The Kier molecular flexibility index (Phi) is 5.66. The summed E-state index contributed by atoms with van der Waals surface area (Å²) in [6.07, 6.45) is 3.26. The second-order valence-electron chi connectivity index (χ2n) is 8.63. The standard InChI is InChI=1S/C24H22F3N5O2/c1-14-21(17(7-10-28-14)22-29-8-2-9-30-22)23(33)32-13-15-3-5-18(32)19(11-15)34-20-6-4-16(12-31-20)24(25,26)27/h2,4,6-10,12,15,18-19H,3,5,11,13H2,1H3/t15-,18-,19+/m0/s1. The fraction of sp³-hybridized carbons (Fsp3) is 0.375. The first-order valence-electron chi connectivity index (χ1n) is 11.0. The third-order valence-corrected chi connectivity index (χ3v) is 6.48. The molecule has 34 heavy (non-hydrogen) atoms. The zero-order valence-corrected chi connectivity index (χ0v) is 18.4. The Balaban J connectivity index is 1.41. The van der Waals surface area contributed by atoms with E-state index in [4.69, 9.17) is 4.74 Å². The Morgan fingerprint density at radius 3 is 2.53 bits per heavy atom. The molecule has 5 heterocycles. The quantitative estimate of drug-likeness (QED) is 0.566. The number of rotatable bonds is 4. The molecule has 2 bridgehead atoms. The number of fused-ring (bicyclic) bond motifs is 3. The van der Waals surface area contributed by atoms with Gasteiger partial charge >= 0.3 is 6.18 Å². The highest BCUT2D eigenvalue weighted by molar-refractivity contribution is 6.01. The van der Waals surface area contributed by atoms with Gasteiger partial charge in [-0.1, -0.05) is 0 Å². The highest BCUT2D eigenvalue weighted by Crippen LogP contribution is 2.39. The summed E-state index contributed by atoms with van der Waals surface area (Å²) in [5.41, 5.74) is 0.817. The van der Waals surface area contributed by atoms with Crippen LogP contribution in [0.3, 0.4) is 0 Å². The lowest BCUT2D eigenvalue weighted by molar-refractivity contribution is -0.137. The Labute approximate surface area is 194 Å².